The molecule has 0 radical (unpaired) electrons. The fourth-order valence-corrected chi connectivity index (χ4v) is 4.45. The van der Waals surface area contributed by atoms with E-state index < -0.39 is 5.91 Å². The highest BCUT2D eigenvalue weighted by atomic mass is 19.1. The average Bonchev–Trinajstić information content (AvgIpc) is 3.16. The second-order valence-electron chi connectivity index (χ2n) is 8.03. The largest absolute Gasteiger partial charge is 0.491 e. The zero-order chi connectivity index (χ0) is 22.0. The van der Waals surface area contributed by atoms with E-state index >= 15 is 0 Å². The van der Waals surface area contributed by atoms with Crippen LogP contribution in [-0.2, 0) is 12.8 Å². The summed E-state index contributed by atoms with van der Waals surface area (Å²) in [5.41, 5.74) is 8.12. The van der Waals surface area contributed by atoms with E-state index in [1.165, 1.54) is 18.2 Å². The molecule has 0 fully saturated rings. The number of nitrogens with zero attached hydrogens (tertiary/aromatic N) is 1. The van der Waals surface area contributed by atoms with Crippen molar-refractivity contribution in [3.8, 4) is 5.75 Å². The van der Waals surface area contributed by atoms with Crippen LogP contribution in [0.4, 0.5) is 8.78 Å². The van der Waals surface area contributed by atoms with Gasteiger partial charge in [-0.3, -0.25) is 9.69 Å². The maximum absolute atomic E-state index is 14.4. The zero-order valence-corrected chi connectivity index (χ0v) is 17.6. The Hall–Kier alpha value is -2.93. The molecule has 164 valence electrons. The van der Waals surface area contributed by atoms with E-state index in [4.69, 9.17) is 10.5 Å². The van der Waals surface area contributed by atoms with Gasteiger partial charge in [0.15, 0.2) is 0 Å². The van der Waals surface area contributed by atoms with Gasteiger partial charge in [-0.1, -0.05) is 6.92 Å². The number of fused-ring (bicyclic) bond motifs is 2. The molecule has 2 heterocycles. The van der Waals surface area contributed by atoms with Crippen molar-refractivity contribution >= 4 is 16.8 Å². The van der Waals surface area contributed by atoms with Gasteiger partial charge in [-0.2, -0.15) is 0 Å². The number of hydrogen-bond donors (Lipinski definition) is 2. The molecule has 1 aliphatic heterocycles. The van der Waals surface area contributed by atoms with Crippen LogP contribution in [0.3, 0.4) is 0 Å². The van der Waals surface area contributed by atoms with Crippen molar-refractivity contribution in [3.05, 3.63) is 64.9 Å². The van der Waals surface area contributed by atoms with E-state index in [9.17, 15) is 13.6 Å². The Morgan fingerprint density at radius 2 is 2.10 bits per heavy atom. The molecule has 3 aromatic rings. The number of amides is 1. The molecule has 5 nitrogen and oxygen atoms in total. The molecule has 31 heavy (non-hydrogen) atoms. The Kier molecular flexibility index (Phi) is 6.23. The fourth-order valence-electron chi connectivity index (χ4n) is 4.45. The van der Waals surface area contributed by atoms with Crippen molar-refractivity contribution in [2.24, 2.45) is 5.73 Å². The zero-order valence-electron chi connectivity index (χ0n) is 17.6. The molecule has 1 aliphatic rings. The number of primary amides is 1. The number of nitrogens with one attached hydrogen (secondary N) is 1. The first-order valence-electron chi connectivity index (χ1n) is 10.7. The maximum Gasteiger partial charge on any atom is 0.252 e. The van der Waals surface area contributed by atoms with Crippen molar-refractivity contribution in [2.75, 3.05) is 19.7 Å². The van der Waals surface area contributed by atoms with Gasteiger partial charge in [-0.15, -0.1) is 0 Å². The van der Waals surface area contributed by atoms with Crippen LogP contribution in [0.1, 0.15) is 41.3 Å². The number of aromatic nitrogens is 1. The van der Waals surface area contributed by atoms with Crippen molar-refractivity contribution in [1.82, 2.24) is 9.88 Å². The predicted octanol–water partition coefficient (Wildman–Crippen LogP) is 4.19. The molecule has 4 rings (SSSR count). The highest BCUT2D eigenvalue weighted by Crippen LogP contribution is 2.32. The number of aromatic amines is 1. The number of halogens is 2. The minimum atomic E-state index is -0.612. The van der Waals surface area contributed by atoms with Gasteiger partial charge in [0.2, 0.25) is 0 Å². The van der Waals surface area contributed by atoms with Crippen LogP contribution in [0.15, 0.2) is 36.5 Å². The van der Waals surface area contributed by atoms with Gasteiger partial charge < -0.3 is 15.5 Å². The smallest absolute Gasteiger partial charge is 0.252 e. The second kappa shape index (κ2) is 9.06. The lowest BCUT2D eigenvalue weighted by Gasteiger charge is -2.35. The molecular weight excluding hydrogens is 400 g/mol. The standard InChI is InChI=1S/C24H27F2N3O2/c1-2-29(10-4-3-5-15-13-28-22-9-6-16(25)11-19(15)22)17-12-20-21(26)8-7-18(24(27)30)23(20)31-14-17/h6-9,11,13,17,28H,2-5,10,12,14H2,1H3,(H2,27,30). The summed E-state index contributed by atoms with van der Waals surface area (Å²) in [4.78, 5) is 17.1. The SMILES string of the molecule is CCN(CCCCc1c[nH]c2ccc(F)cc12)C1COc2c(C(N)=O)ccc(F)c2C1. The van der Waals surface area contributed by atoms with Crippen LogP contribution in [0.25, 0.3) is 10.9 Å². The Labute approximate surface area is 180 Å². The molecule has 0 saturated carbocycles. The first-order chi connectivity index (χ1) is 15.0. The number of likely N-dealkylation sites (N-methyl/N-ethyl adjacent to an activating group) is 1. The molecule has 1 amide bonds. The first-order valence-corrected chi connectivity index (χ1v) is 10.7. The average molecular weight is 427 g/mol. The minimum Gasteiger partial charge on any atom is -0.491 e. The van der Waals surface area contributed by atoms with Crippen molar-refractivity contribution in [2.45, 2.75) is 38.6 Å². The molecule has 1 unspecified atom stereocenters. The Morgan fingerprint density at radius 1 is 1.26 bits per heavy atom. The molecular formula is C24H27F2N3O2. The first kappa shape index (κ1) is 21.3. The van der Waals surface area contributed by atoms with E-state index in [0.717, 1.165) is 48.8 Å². The van der Waals surface area contributed by atoms with E-state index in [0.29, 0.717) is 18.6 Å². The van der Waals surface area contributed by atoms with E-state index in [-0.39, 0.29) is 29.0 Å². The molecule has 0 bridgehead atoms. The number of hydrogen-bond acceptors (Lipinski definition) is 3. The third-order valence-corrected chi connectivity index (χ3v) is 6.12. The van der Waals surface area contributed by atoms with Crippen LogP contribution < -0.4 is 10.5 Å². The number of ether oxygens (including phenoxy) is 1. The highest BCUT2D eigenvalue weighted by Gasteiger charge is 2.29. The molecule has 3 N–H and O–H groups in total. The second-order valence-corrected chi connectivity index (χ2v) is 8.03. The Balaban J connectivity index is 1.36. The number of rotatable bonds is 8. The summed E-state index contributed by atoms with van der Waals surface area (Å²) in [6.07, 6.45) is 5.22. The van der Waals surface area contributed by atoms with Crippen molar-refractivity contribution in [3.63, 3.8) is 0 Å². The van der Waals surface area contributed by atoms with Crippen molar-refractivity contribution < 1.29 is 18.3 Å². The van der Waals surface area contributed by atoms with Gasteiger partial charge in [0.1, 0.15) is 24.0 Å². The van der Waals surface area contributed by atoms with Crippen LogP contribution in [0.5, 0.6) is 5.75 Å². The molecule has 1 atom stereocenters. The lowest BCUT2D eigenvalue weighted by Crippen LogP contribution is -2.44. The molecule has 0 spiro atoms. The summed E-state index contributed by atoms with van der Waals surface area (Å²) in [6.45, 7) is 4.15. The number of nitrogens with two attached hydrogens (primary N) is 1. The normalized spacial score (nSPS) is 15.8. The lowest BCUT2D eigenvalue weighted by atomic mass is 9.97. The summed E-state index contributed by atoms with van der Waals surface area (Å²) >= 11 is 0. The quantitative estimate of drug-likeness (QED) is 0.530. The number of unbranched alkanes of at least 4 members (excludes halogenated alkanes) is 1. The third kappa shape index (κ3) is 4.42. The number of aryl methyl sites for hydroxylation is 1. The Morgan fingerprint density at radius 3 is 2.87 bits per heavy atom. The van der Waals surface area contributed by atoms with Crippen LogP contribution in [-0.4, -0.2) is 41.5 Å². The molecule has 1 aromatic heterocycles. The summed E-state index contributed by atoms with van der Waals surface area (Å²) in [7, 11) is 0. The number of carbonyl (C=O) groups is 1. The fraction of sp³-hybridized carbons (Fsp3) is 0.375. The van der Waals surface area contributed by atoms with Gasteiger partial charge in [0, 0.05) is 28.7 Å². The lowest BCUT2D eigenvalue weighted by molar-refractivity contribution is 0.0979. The third-order valence-electron chi connectivity index (χ3n) is 6.12. The van der Waals surface area contributed by atoms with Gasteiger partial charge >= 0.3 is 0 Å². The van der Waals surface area contributed by atoms with Gasteiger partial charge in [-0.05, 0) is 74.7 Å². The molecule has 2 aromatic carbocycles. The van der Waals surface area contributed by atoms with E-state index in [1.807, 2.05) is 6.20 Å². The van der Waals surface area contributed by atoms with Crippen molar-refractivity contribution in [1.29, 1.82) is 0 Å². The van der Waals surface area contributed by atoms with Gasteiger partial charge in [-0.25, -0.2) is 8.78 Å². The summed E-state index contributed by atoms with van der Waals surface area (Å²) in [6, 6.07) is 7.50. The minimum absolute atomic E-state index is 0.0392. The number of carbonyl (C=O) groups excluding carboxylic acids is 1. The summed E-state index contributed by atoms with van der Waals surface area (Å²) < 4.78 is 33.7. The molecule has 7 heteroatoms. The molecule has 0 saturated heterocycles. The van der Waals surface area contributed by atoms with Crippen LogP contribution in [0.2, 0.25) is 0 Å². The van der Waals surface area contributed by atoms with Gasteiger partial charge in [0.25, 0.3) is 5.91 Å². The van der Waals surface area contributed by atoms with E-state index in [1.54, 1.807) is 12.1 Å². The van der Waals surface area contributed by atoms with Gasteiger partial charge in [0.05, 0.1) is 5.56 Å². The monoisotopic (exact) mass is 427 g/mol. The Bertz CT molecular complexity index is 1100. The number of benzene rings is 2. The highest BCUT2D eigenvalue weighted by molar-refractivity contribution is 5.96. The van der Waals surface area contributed by atoms with Crippen LogP contribution in [0, 0.1) is 11.6 Å². The predicted molar refractivity (Wildman–Crippen MR) is 116 cm³/mol. The summed E-state index contributed by atoms with van der Waals surface area (Å²) in [5, 5.41) is 0.936. The number of H-pyrrole nitrogens is 1. The summed E-state index contributed by atoms with van der Waals surface area (Å²) in [5.74, 6) is -0.923. The van der Waals surface area contributed by atoms with E-state index in [2.05, 4.69) is 16.8 Å². The maximum atomic E-state index is 14.4. The topological polar surface area (TPSA) is 71.3 Å². The van der Waals surface area contributed by atoms with Crippen LogP contribution >= 0.6 is 0 Å². The molecule has 0 aliphatic carbocycles.